The van der Waals surface area contributed by atoms with Crippen molar-refractivity contribution in [1.82, 2.24) is 0 Å². The molecule has 0 saturated heterocycles. The number of rotatable bonds is 17. The minimum atomic E-state index is -4.28. The molecule has 0 amide bonds. The first-order chi connectivity index (χ1) is 14.5. The number of hydrogen-bond donors (Lipinski definition) is 2. The quantitative estimate of drug-likeness (QED) is 0.194. The number of carbonyl (C=O) groups is 1. The number of likely N-dealkylation sites (N-methyl/N-ethyl adjacent to an activating group) is 1. The number of hydrogen-bond acceptors (Lipinski definition) is 6. The molecule has 0 radical (unpaired) electrons. The molecular weight excluding hydrogens is 437 g/mol. The van der Waals surface area contributed by atoms with Crippen molar-refractivity contribution in [2.75, 3.05) is 40.9 Å². The molecule has 0 aromatic heterocycles. The number of quaternary nitrogens is 1. The van der Waals surface area contributed by atoms with E-state index in [1.165, 1.54) is 5.56 Å². The van der Waals surface area contributed by atoms with Crippen LogP contribution in [-0.4, -0.2) is 72.9 Å². The summed E-state index contributed by atoms with van der Waals surface area (Å²) in [5.74, 6) is -0.187. The summed E-state index contributed by atoms with van der Waals surface area (Å²) in [6.07, 6.45) is 4.41. The molecule has 3 N–H and O–H groups in total. The van der Waals surface area contributed by atoms with Gasteiger partial charge in [-0.25, -0.2) is 4.57 Å². The van der Waals surface area contributed by atoms with E-state index in [4.69, 9.17) is 18.9 Å². The minimum Gasteiger partial charge on any atom is -0.870 e. The van der Waals surface area contributed by atoms with Crippen molar-refractivity contribution in [2.45, 2.75) is 58.0 Å². The number of aliphatic carboxylic acids is 1. The smallest absolute Gasteiger partial charge is 0.472 e. The van der Waals surface area contributed by atoms with Gasteiger partial charge in [0, 0.05) is 0 Å². The molecule has 0 bridgehead atoms. The Labute approximate surface area is 191 Å². The first-order valence-corrected chi connectivity index (χ1v) is 12.3. The Morgan fingerprint density at radius 1 is 1.00 bits per heavy atom. The second kappa shape index (κ2) is 15.4. The van der Waals surface area contributed by atoms with E-state index in [9.17, 15) is 14.3 Å². The van der Waals surface area contributed by atoms with Crippen LogP contribution in [0.15, 0.2) is 24.3 Å². The van der Waals surface area contributed by atoms with E-state index in [0.29, 0.717) is 17.5 Å². The molecule has 2 atom stereocenters. The number of phosphoric acid groups is 1. The number of carboxylic acids is 1. The van der Waals surface area contributed by atoms with Gasteiger partial charge in [-0.3, -0.25) is 13.8 Å². The number of nitrogens with zero attached hydrogens (tertiary/aromatic N) is 1. The Morgan fingerprint density at radius 2 is 1.53 bits per heavy atom. The fourth-order valence-corrected chi connectivity index (χ4v) is 4.01. The van der Waals surface area contributed by atoms with Crippen molar-refractivity contribution >= 4 is 13.8 Å². The Morgan fingerprint density at radius 3 is 2.06 bits per heavy atom. The fraction of sp³-hybridized carbons (Fsp3) is 0.682. The summed E-state index contributed by atoms with van der Waals surface area (Å²) in [7, 11) is 1.29. The third-order valence-corrected chi connectivity index (χ3v) is 5.59. The molecule has 0 aliphatic rings. The molecule has 186 valence electrons. The number of aryl methyl sites for hydroxylation is 1. The average molecular weight is 478 g/mol. The minimum absolute atomic E-state index is 0. The summed E-state index contributed by atoms with van der Waals surface area (Å²) in [6, 6.07) is 8.02. The maximum Gasteiger partial charge on any atom is 0.472 e. The molecule has 0 fully saturated rings. The predicted molar refractivity (Wildman–Crippen MR) is 122 cm³/mol. The van der Waals surface area contributed by atoms with Crippen LogP contribution in [0.2, 0.25) is 0 Å². The summed E-state index contributed by atoms with van der Waals surface area (Å²) >= 11 is 0. The largest absolute Gasteiger partial charge is 0.870 e. The number of unbranched alkanes of at least 4 members (excludes halogenated alkanes) is 5. The van der Waals surface area contributed by atoms with Gasteiger partial charge >= 0.3 is 13.8 Å². The fourth-order valence-electron chi connectivity index (χ4n) is 3.08. The lowest BCUT2D eigenvalue weighted by molar-refractivity contribution is -0.873. The first-order valence-electron chi connectivity index (χ1n) is 10.8. The van der Waals surface area contributed by atoms with Crippen LogP contribution in [-0.2, 0) is 18.4 Å². The molecule has 1 aromatic carbocycles. The summed E-state index contributed by atoms with van der Waals surface area (Å²) in [6.45, 7) is 3.13. The topological polar surface area (TPSA) is 132 Å². The molecule has 1 rings (SSSR count). The van der Waals surface area contributed by atoms with Crippen LogP contribution < -0.4 is 4.74 Å². The number of carboxylic acid groups (broad SMARTS) is 1. The van der Waals surface area contributed by atoms with Crippen molar-refractivity contribution < 1.29 is 43.1 Å². The molecule has 9 nitrogen and oxygen atoms in total. The Hall–Kier alpha value is -1.48. The molecule has 0 heterocycles. The standard InChI is InChI=1S/C22H38NO7P.H2O/c1-19-11-13-20(14-12-19)28-15-9-7-5-6-8-10-16-29-31(26,27)30-21(17-22(24)25)18-23(2,3)4;/h11-14,21H,5-10,15-18H2,1-4H3,(H-,24,25,26,27);1H2/t21-;/m1./s1. The molecule has 0 aliphatic heterocycles. The lowest BCUT2D eigenvalue weighted by Crippen LogP contribution is -2.42. The van der Waals surface area contributed by atoms with Crippen LogP contribution in [0.25, 0.3) is 0 Å². The molecule has 10 heteroatoms. The molecule has 32 heavy (non-hydrogen) atoms. The van der Waals surface area contributed by atoms with Gasteiger partial charge in [-0.1, -0.05) is 43.4 Å². The second-order valence-corrected chi connectivity index (χ2v) is 10.3. The van der Waals surface area contributed by atoms with Gasteiger partial charge in [0.05, 0.1) is 40.8 Å². The molecular formula is C22H40NO8P. The second-order valence-electron chi connectivity index (χ2n) is 8.88. The highest BCUT2D eigenvalue weighted by molar-refractivity contribution is 7.47. The Balaban J connectivity index is 0.00000961. The van der Waals surface area contributed by atoms with E-state index in [-0.39, 0.29) is 25.0 Å². The monoisotopic (exact) mass is 477 g/mol. The van der Waals surface area contributed by atoms with Gasteiger partial charge in [-0.2, -0.15) is 0 Å². The van der Waals surface area contributed by atoms with E-state index in [1.54, 1.807) is 0 Å². The van der Waals surface area contributed by atoms with Gasteiger partial charge in [0.1, 0.15) is 18.4 Å². The van der Waals surface area contributed by atoms with Crippen molar-refractivity contribution in [3.05, 3.63) is 29.8 Å². The highest BCUT2D eigenvalue weighted by atomic mass is 31.2. The maximum absolute atomic E-state index is 12.1. The van der Waals surface area contributed by atoms with Gasteiger partial charge in [-0.05, 0) is 31.9 Å². The molecule has 0 spiro atoms. The third kappa shape index (κ3) is 16.2. The van der Waals surface area contributed by atoms with Crippen molar-refractivity contribution in [2.24, 2.45) is 0 Å². The van der Waals surface area contributed by atoms with Crippen LogP contribution in [0, 0.1) is 6.92 Å². The summed E-state index contributed by atoms with van der Waals surface area (Å²) in [5.41, 5.74) is 1.21. The van der Waals surface area contributed by atoms with Crippen LogP contribution >= 0.6 is 7.82 Å². The van der Waals surface area contributed by atoms with E-state index in [0.717, 1.165) is 37.9 Å². The first kappa shape index (κ1) is 30.5. The lowest BCUT2D eigenvalue weighted by atomic mass is 10.1. The van der Waals surface area contributed by atoms with Gasteiger partial charge in [0.25, 0.3) is 0 Å². The van der Waals surface area contributed by atoms with Crippen molar-refractivity contribution in [3.8, 4) is 5.75 Å². The van der Waals surface area contributed by atoms with Gasteiger partial charge in [0.15, 0.2) is 0 Å². The average Bonchev–Trinajstić information content (AvgIpc) is 2.62. The number of benzene rings is 1. The van der Waals surface area contributed by atoms with Crippen molar-refractivity contribution in [1.29, 1.82) is 0 Å². The summed E-state index contributed by atoms with van der Waals surface area (Å²) < 4.78 is 28.4. The number of ether oxygens (including phenoxy) is 1. The van der Waals surface area contributed by atoms with Crippen molar-refractivity contribution in [3.63, 3.8) is 0 Å². The predicted octanol–water partition coefficient (Wildman–Crippen LogP) is 4.22. The van der Waals surface area contributed by atoms with Crippen LogP contribution in [0.3, 0.4) is 0 Å². The summed E-state index contributed by atoms with van der Waals surface area (Å²) in [5, 5.41) is 8.99. The zero-order chi connectivity index (χ0) is 23.3. The normalized spacial score (nSPS) is 14.3. The maximum atomic E-state index is 12.1. The molecule has 1 unspecified atom stereocenters. The van der Waals surface area contributed by atoms with Gasteiger partial charge in [-0.15, -0.1) is 0 Å². The van der Waals surface area contributed by atoms with Crippen LogP contribution in [0.4, 0.5) is 0 Å². The van der Waals surface area contributed by atoms with E-state index in [2.05, 4.69) is 0 Å². The SMILES string of the molecule is Cc1ccc(OCCCCCCCCOP(=O)(O)O[C@H](CC(=O)O)C[N+](C)(C)C)cc1.[OH-]. The Kier molecular flexibility index (Phi) is 14.7. The zero-order valence-electron chi connectivity index (χ0n) is 19.7. The molecule has 0 saturated carbocycles. The third-order valence-electron chi connectivity index (χ3n) is 4.52. The van der Waals surface area contributed by atoms with E-state index in [1.807, 2.05) is 52.3 Å². The van der Waals surface area contributed by atoms with Gasteiger partial charge in [0.2, 0.25) is 0 Å². The summed E-state index contributed by atoms with van der Waals surface area (Å²) in [4.78, 5) is 20.9. The highest BCUT2D eigenvalue weighted by Gasteiger charge is 2.31. The Bertz CT molecular complexity index is 690. The van der Waals surface area contributed by atoms with Crippen LogP contribution in [0.1, 0.15) is 50.5 Å². The van der Waals surface area contributed by atoms with Crippen LogP contribution in [0.5, 0.6) is 5.75 Å². The zero-order valence-corrected chi connectivity index (χ0v) is 20.6. The lowest BCUT2D eigenvalue weighted by Gasteiger charge is -2.29. The molecule has 0 aliphatic carbocycles. The van der Waals surface area contributed by atoms with E-state index < -0.39 is 19.9 Å². The highest BCUT2D eigenvalue weighted by Crippen LogP contribution is 2.45. The van der Waals surface area contributed by atoms with Gasteiger partial charge < -0.3 is 24.7 Å². The number of phosphoric ester groups is 1. The molecule has 1 aromatic rings. The van der Waals surface area contributed by atoms with E-state index >= 15 is 0 Å².